The fourth-order valence-electron chi connectivity index (χ4n) is 1.59. The molecule has 0 fully saturated rings. The van der Waals surface area contributed by atoms with Crippen LogP contribution in [0.15, 0.2) is 34.9 Å². The number of nitrogens with zero attached hydrogens (tertiary/aromatic N) is 1. The Kier molecular flexibility index (Phi) is 3.84. The summed E-state index contributed by atoms with van der Waals surface area (Å²) in [6.07, 6.45) is 1.63. The van der Waals surface area contributed by atoms with Gasteiger partial charge >= 0.3 is 0 Å². The number of pyridine rings is 1. The molecular weight excluding hydrogens is 318 g/mol. The molecule has 18 heavy (non-hydrogen) atoms. The van der Waals surface area contributed by atoms with E-state index in [0.717, 1.165) is 9.86 Å². The number of anilines is 1. The summed E-state index contributed by atoms with van der Waals surface area (Å²) in [6.45, 7) is 0.0824. The van der Waals surface area contributed by atoms with Gasteiger partial charge in [-0.3, -0.25) is 9.71 Å². The van der Waals surface area contributed by atoms with Crippen LogP contribution in [0.3, 0.4) is 0 Å². The van der Waals surface area contributed by atoms with E-state index in [9.17, 15) is 8.42 Å². The van der Waals surface area contributed by atoms with E-state index < -0.39 is 10.0 Å². The number of benzene rings is 1. The lowest BCUT2D eigenvalue weighted by atomic mass is 10.2. The lowest BCUT2D eigenvalue weighted by Crippen LogP contribution is -2.22. The molecule has 0 unspecified atom stereocenters. The lowest BCUT2D eigenvalue weighted by molar-refractivity contribution is 0.601. The Morgan fingerprint density at radius 3 is 2.89 bits per heavy atom. The van der Waals surface area contributed by atoms with Crippen molar-refractivity contribution in [3.05, 3.63) is 34.9 Å². The van der Waals surface area contributed by atoms with Crippen LogP contribution in [-0.2, 0) is 10.0 Å². The molecule has 0 radical (unpaired) electrons. The van der Waals surface area contributed by atoms with Crippen LogP contribution in [0, 0.1) is 0 Å². The highest BCUT2D eigenvalue weighted by Gasteiger charge is 2.11. The van der Waals surface area contributed by atoms with Gasteiger partial charge in [0.2, 0.25) is 10.0 Å². The Hall–Kier alpha value is -1.18. The van der Waals surface area contributed by atoms with Crippen LogP contribution >= 0.6 is 15.9 Å². The number of nitrogens with one attached hydrogen (secondary N) is 1. The van der Waals surface area contributed by atoms with Crippen LogP contribution in [0.4, 0.5) is 5.69 Å². The molecule has 0 aliphatic carbocycles. The van der Waals surface area contributed by atoms with Crippen LogP contribution in [0.25, 0.3) is 10.9 Å². The first kappa shape index (κ1) is 13.3. The fourth-order valence-corrected chi connectivity index (χ4v) is 2.85. The van der Waals surface area contributed by atoms with Crippen molar-refractivity contribution in [3.63, 3.8) is 0 Å². The maximum absolute atomic E-state index is 11.7. The van der Waals surface area contributed by atoms with Gasteiger partial charge in [0.25, 0.3) is 0 Å². The molecule has 7 heteroatoms. The van der Waals surface area contributed by atoms with Crippen molar-refractivity contribution < 1.29 is 8.42 Å². The third kappa shape index (κ3) is 2.98. The number of halogens is 1. The second kappa shape index (κ2) is 5.21. The van der Waals surface area contributed by atoms with E-state index in [2.05, 4.69) is 25.6 Å². The molecule has 2 rings (SSSR count). The largest absolute Gasteiger partial charge is 0.329 e. The van der Waals surface area contributed by atoms with E-state index in [1.54, 1.807) is 18.3 Å². The summed E-state index contributed by atoms with van der Waals surface area (Å²) in [6, 6.07) is 7.20. The Balaban J connectivity index is 2.46. The first-order chi connectivity index (χ1) is 8.52. The number of nitrogens with two attached hydrogens (primary N) is 1. The van der Waals surface area contributed by atoms with Crippen molar-refractivity contribution in [2.45, 2.75) is 0 Å². The zero-order valence-electron chi connectivity index (χ0n) is 9.43. The van der Waals surface area contributed by atoms with Crippen LogP contribution < -0.4 is 10.5 Å². The average Bonchev–Trinajstić information content (AvgIpc) is 2.28. The summed E-state index contributed by atoms with van der Waals surface area (Å²) in [5, 5.41) is 0.859. The van der Waals surface area contributed by atoms with Crippen LogP contribution in [0.2, 0.25) is 0 Å². The molecule has 5 nitrogen and oxygen atoms in total. The molecule has 1 heterocycles. The highest BCUT2D eigenvalue weighted by atomic mass is 79.9. The highest BCUT2D eigenvalue weighted by Crippen LogP contribution is 2.24. The number of rotatable bonds is 4. The SMILES string of the molecule is NCCS(=O)(=O)Nc1cccc2cc(Br)cnc12. The van der Waals surface area contributed by atoms with Gasteiger partial charge in [-0.25, -0.2) is 8.42 Å². The smallest absolute Gasteiger partial charge is 0.234 e. The van der Waals surface area contributed by atoms with E-state index in [1.807, 2.05) is 12.1 Å². The molecule has 0 spiro atoms. The van der Waals surface area contributed by atoms with Gasteiger partial charge in [-0.1, -0.05) is 12.1 Å². The molecule has 0 bridgehead atoms. The summed E-state index contributed by atoms with van der Waals surface area (Å²) in [7, 11) is -3.41. The fraction of sp³-hybridized carbons (Fsp3) is 0.182. The van der Waals surface area contributed by atoms with Gasteiger partial charge in [0.15, 0.2) is 0 Å². The molecule has 1 aromatic carbocycles. The number of aromatic nitrogens is 1. The van der Waals surface area contributed by atoms with Gasteiger partial charge < -0.3 is 5.73 Å². The number of sulfonamides is 1. The number of hydrogen-bond acceptors (Lipinski definition) is 4. The van der Waals surface area contributed by atoms with Crippen molar-refractivity contribution >= 4 is 42.5 Å². The van der Waals surface area contributed by atoms with Crippen LogP contribution in [0.5, 0.6) is 0 Å². The molecule has 0 aliphatic heterocycles. The summed E-state index contributed by atoms with van der Waals surface area (Å²) < 4.78 is 26.7. The maximum atomic E-state index is 11.7. The minimum absolute atomic E-state index is 0.0824. The molecular formula is C11H12BrN3O2S. The molecule has 2 aromatic rings. The molecule has 0 saturated heterocycles. The van der Waals surface area contributed by atoms with E-state index in [-0.39, 0.29) is 12.3 Å². The molecule has 0 atom stereocenters. The lowest BCUT2D eigenvalue weighted by Gasteiger charge is -2.09. The number of fused-ring (bicyclic) bond motifs is 1. The molecule has 0 amide bonds. The predicted octanol–water partition coefficient (Wildman–Crippen LogP) is 1.70. The van der Waals surface area contributed by atoms with Crippen molar-refractivity contribution in [1.29, 1.82) is 0 Å². The van der Waals surface area contributed by atoms with Gasteiger partial charge in [-0.15, -0.1) is 0 Å². The first-order valence-electron chi connectivity index (χ1n) is 5.27. The van der Waals surface area contributed by atoms with Gasteiger partial charge in [0.05, 0.1) is 17.0 Å². The van der Waals surface area contributed by atoms with Crippen molar-refractivity contribution in [2.24, 2.45) is 5.73 Å². The van der Waals surface area contributed by atoms with Gasteiger partial charge in [0, 0.05) is 22.6 Å². The minimum atomic E-state index is -3.41. The summed E-state index contributed by atoms with van der Waals surface area (Å²) >= 11 is 3.33. The van der Waals surface area contributed by atoms with Gasteiger partial charge in [-0.2, -0.15) is 0 Å². The third-order valence-electron chi connectivity index (χ3n) is 2.33. The second-order valence-electron chi connectivity index (χ2n) is 3.74. The summed E-state index contributed by atoms with van der Waals surface area (Å²) in [4.78, 5) is 4.22. The molecule has 1 aromatic heterocycles. The Morgan fingerprint density at radius 1 is 1.39 bits per heavy atom. The summed E-state index contributed by atoms with van der Waals surface area (Å²) in [5.41, 5.74) is 6.34. The molecule has 0 aliphatic rings. The standard InChI is InChI=1S/C11H12BrN3O2S/c12-9-6-8-2-1-3-10(11(8)14-7-9)15-18(16,17)5-4-13/h1-3,6-7,15H,4-5,13H2. The average molecular weight is 330 g/mol. The van der Waals surface area contributed by atoms with Gasteiger partial charge in [0.1, 0.15) is 0 Å². The normalized spacial score (nSPS) is 11.7. The molecule has 96 valence electrons. The van der Waals surface area contributed by atoms with Crippen molar-refractivity contribution in [2.75, 3.05) is 17.0 Å². The highest BCUT2D eigenvalue weighted by molar-refractivity contribution is 9.10. The maximum Gasteiger partial charge on any atom is 0.234 e. The van der Waals surface area contributed by atoms with E-state index in [0.29, 0.717) is 11.2 Å². The third-order valence-corrected chi connectivity index (χ3v) is 4.07. The van der Waals surface area contributed by atoms with E-state index >= 15 is 0 Å². The van der Waals surface area contributed by atoms with E-state index in [4.69, 9.17) is 5.73 Å². The minimum Gasteiger partial charge on any atom is -0.329 e. The molecule has 0 saturated carbocycles. The zero-order valence-corrected chi connectivity index (χ0v) is 11.8. The van der Waals surface area contributed by atoms with Crippen LogP contribution in [0.1, 0.15) is 0 Å². The Labute approximate surface area is 114 Å². The number of hydrogen-bond donors (Lipinski definition) is 2. The quantitative estimate of drug-likeness (QED) is 0.893. The zero-order chi connectivity index (χ0) is 13.2. The van der Waals surface area contributed by atoms with Gasteiger partial charge in [-0.05, 0) is 28.1 Å². The Morgan fingerprint density at radius 2 is 2.17 bits per heavy atom. The Bertz CT molecular complexity index is 673. The van der Waals surface area contributed by atoms with Crippen molar-refractivity contribution in [1.82, 2.24) is 4.98 Å². The van der Waals surface area contributed by atoms with Crippen molar-refractivity contribution in [3.8, 4) is 0 Å². The van der Waals surface area contributed by atoms with Crippen LogP contribution in [-0.4, -0.2) is 25.7 Å². The first-order valence-corrected chi connectivity index (χ1v) is 7.71. The molecule has 3 N–H and O–H groups in total. The van der Waals surface area contributed by atoms with E-state index in [1.165, 1.54) is 0 Å². The number of para-hydroxylation sites is 1. The monoisotopic (exact) mass is 329 g/mol. The predicted molar refractivity (Wildman–Crippen MR) is 75.9 cm³/mol. The summed E-state index contributed by atoms with van der Waals surface area (Å²) in [5.74, 6) is -0.111. The second-order valence-corrected chi connectivity index (χ2v) is 6.50. The topological polar surface area (TPSA) is 85.1 Å².